The van der Waals surface area contributed by atoms with Crippen LogP contribution < -0.4 is 9.47 Å². The number of hydrogen-bond acceptors (Lipinski definition) is 2. The fourth-order valence-corrected chi connectivity index (χ4v) is 0.991. The zero-order valence-electron chi connectivity index (χ0n) is 6.76. The number of ether oxygens (including phenoxy) is 2. The van der Waals surface area contributed by atoms with Gasteiger partial charge in [-0.25, -0.2) is 4.39 Å². The highest BCUT2D eigenvalue weighted by molar-refractivity contribution is 5.57. The Balaban J connectivity index is 2.16. The second-order valence-corrected chi connectivity index (χ2v) is 2.68. The average Bonchev–Trinajstić information content (AvgIpc) is 2.78. The van der Waals surface area contributed by atoms with Crippen LogP contribution in [-0.2, 0) is 0 Å². The Morgan fingerprint density at radius 1 is 1.42 bits per heavy atom. The molecule has 64 valence electrons. The molecule has 2 nitrogen and oxygen atoms in total. The van der Waals surface area contributed by atoms with Gasteiger partial charge in [-0.2, -0.15) is 0 Å². The van der Waals surface area contributed by atoms with Crippen LogP contribution in [0.25, 0.3) is 0 Å². The topological polar surface area (TPSA) is 21.8 Å². The van der Waals surface area contributed by atoms with Gasteiger partial charge in [0.2, 0.25) is 0 Å². The van der Waals surface area contributed by atoms with E-state index in [2.05, 4.69) is 0 Å². The minimum atomic E-state index is -0.347. The molecule has 0 unspecified atom stereocenters. The molecule has 0 saturated heterocycles. The summed E-state index contributed by atoms with van der Waals surface area (Å²) in [6.45, 7) is 2.51. The molecule has 3 heteroatoms. The van der Waals surface area contributed by atoms with E-state index in [1.807, 2.05) is 6.92 Å². The molecule has 0 amide bonds. The third kappa shape index (κ3) is 1.22. The van der Waals surface area contributed by atoms with Crippen LogP contribution >= 0.6 is 0 Å². The quantitative estimate of drug-likeness (QED) is 0.657. The van der Waals surface area contributed by atoms with E-state index in [1.54, 1.807) is 6.07 Å². The van der Waals surface area contributed by atoms with Crippen molar-refractivity contribution in [2.45, 2.75) is 13.3 Å². The molecular formula is C9H9FO2. The summed E-state index contributed by atoms with van der Waals surface area (Å²) >= 11 is 0. The predicted molar refractivity (Wildman–Crippen MR) is 42.3 cm³/mol. The van der Waals surface area contributed by atoms with E-state index in [0.717, 1.165) is 12.2 Å². The normalized spacial score (nSPS) is 11.8. The van der Waals surface area contributed by atoms with Crippen LogP contribution in [0.15, 0.2) is 12.1 Å². The first-order valence-corrected chi connectivity index (χ1v) is 3.95. The van der Waals surface area contributed by atoms with Crippen LogP contribution in [0.5, 0.6) is 17.2 Å². The Hall–Kier alpha value is -1.25. The molecule has 0 N–H and O–H groups in total. The van der Waals surface area contributed by atoms with E-state index in [4.69, 9.17) is 9.47 Å². The van der Waals surface area contributed by atoms with Crippen molar-refractivity contribution in [3.05, 3.63) is 17.9 Å². The van der Waals surface area contributed by atoms with Crippen molar-refractivity contribution in [2.75, 3.05) is 6.61 Å². The van der Waals surface area contributed by atoms with Gasteiger partial charge < -0.3 is 9.47 Å². The average molecular weight is 168 g/mol. The highest BCUT2D eigenvalue weighted by Gasteiger charge is 2.23. The van der Waals surface area contributed by atoms with Gasteiger partial charge in [0.15, 0.2) is 23.1 Å². The third-order valence-electron chi connectivity index (χ3n) is 1.64. The van der Waals surface area contributed by atoms with E-state index in [0.29, 0.717) is 12.4 Å². The summed E-state index contributed by atoms with van der Waals surface area (Å²) in [6, 6.07) is 2.93. The summed E-state index contributed by atoms with van der Waals surface area (Å²) in [6.07, 6.45) is 0.872. The summed E-state index contributed by atoms with van der Waals surface area (Å²) in [7, 11) is 0. The van der Waals surface area contributed by atoms with Gasteiger partial charge in [0.25, 0.3) is 0 Å². The standard InChI is InChI=1S/C9H9FO2/c1-2-3-11-7-5-9-8(12-9)4-6(7)10/h4-5H,2-3H2,1H3. The van der Waals surface area contributed by atoms with E-state index in [9.17, 15) is 4.39 Å². The van der Waals surface area contributed by atoms with Crippen molar-refractivity contribution >= 4 is 0 Å². The first-order valence-electron chi connectivity index (χ1n) is 3.95. The minimum Gasteiger partial charge on any atom is -0.490 e. The first kappa shape index (κ1) is 7.40. The monoisotopic (exact) mass is 168 g/mol. The van der Waals surface area contributed by atoms with Crippen LogP contribution in [0.1, 0.15) is 13.3 Å². The van der Waals surface area contributed by atoms with Gasteiger partial charge in [-0.1, -0.05) is 6.92 Å². The Kier molecular flexibility index (Phi) is 1.64. The zero-order chi connectivity index (χ0) is 8.55. The van der Waals surface area contributed by atoms with Gasteiger partial charge >= 0.3 is 0 Å². The van der Waals surface area contributed by atoms with Crippen molar-refractivity contribution in [1.29, 1.82) is 0 Å². The predicted octanol–water partition coefficient (Wildman–Crippen LogP) is 2.72. The summed E-state index contributed by atoms with van der Waals surface area (Å²) in [4.78, 5) is 0. The lowest BCUT2D eigenvalue weighted by atomic mass is 10.3. The van der Waals surface area contributed by atoms with Gasteiger partial charge in [-0.3, -0.25) is 0 Å². The fraction of sp³-hybridized carbons (Fsp3) is 0.333. The largest absolute Gasteiger partial charge is 0.490 e. The minimum absolute atomic E-state index is 0.285. The van der Waals surface area contributed by atoms with Crippen LogP contribution in [-0.4, -0.2) is 6.61 Å². The summed E-state index contributed by atoms with van der Waals surface area (Å²) in [5.74, 6) is 1.28. The van der Waals surface area contributed by atoms with Gasteiger partial charge in [0.1, 0.15) is 0 Å². The van der Waals surface area contributed by atoms with Crippen molar-refractivity contribution in [3.63, 3.8) is 0 Å². The summed E-state index contributed by atoms with van der Waals surface area (Å²) in [5, 5.41) is 0. The van der Waals surface area contributed by atoms with E-state index >= 15 is 0 Å². The number of rotatable bonds is 3. The van der Waals surface area contributed by atoms with Crippen LogP contribution in [0, 0.1) is 5.82 Å². The van der Waals surface area contributed by atoms with Crippen LogP contribution in [0.4, 0.5) is 4.39 Å². The van der Waals surface area contributed by atoms with E-state index in [-0.39, 0.29) is 11.6 Å². The molecule has 0 aromatic heterocycles. The maximum Gasteiger partial charge on any atom is 0.174 e. The van der Waals surface area contributed by atoms with Gasteiger partial charge in [0.05, 0.1) is 6.61 Å². The molecule has 1 aromatic carbocycles. The molecular weight excluding hydrogens is 159 g/mol. The zero-order valence-corrected chi connectivity index (χ0v) is 6.76. The maximum atomic E-state index is 13.0. The fourth-order valence-electron chi connectivity index (χ4n) is 0.991. The summed E-state index contributed by atoms with van der Waals surface area (Å²) < 4.78 is 23.1. The van der Waals surface area contributed by atoms with Crippen molar-refractivity contribution in [3.8, 4) is 17.2 Å². The second kappa shape index (κ2) is 2.66. The number of hydrogen-bond donors (Lipinski definition) is 0. The maximum absolute atomic E-state index is 13.0. The lowest BCUT2D eigenvalue weighted by Gasteiger charge is -2.02. The molecule has 1 aliphatic rings. The second-order valence-electron chi connectivity index (χ2n) is 2.68. The molecule has 0 aliphatic carbocycles. The van der Waals surface area contributed by atoms with Crippen molar-refractivity contribution < 1.29 is 13.9 Å². The molecule has 1 heterocycles. The molecule has 0 bridgehead atoms. The lowest BCUT2D eigenvalue weighted by molar-refractivity contribution is 0.301. The third-order valence-corrected chi connectivity index (χ3v) is 1.64. The van der Waals surface area contributed by atoms with Crippen molar-refractivity contribution in [1.82, 2.24) is 0 Å². The van der Waals surface area contributed by atoms with Gasteiger partial charge in [0, 0.05) is 12.1 Å². The van der Waals surface area contributed by atoms with Crippen LogP contribution in [0.2, 0.25) is 0 Å². The SMILES string of the molecule is CCCOc1cc2c(cc1F)O2. The Morgan fingerprint density at radius 2 is 2.17 bits per heavy atom. The molecule has 0 spiro atoms. The highest BCUT2D eigenvalue weighted by atomic mass is 19.1. The smallest absolute Gasteiger partial charge is 0.174 e. The molecule has 0 radical (unpaired) electrons. The Morgan fingerprint density at radius 3 is 2.92 bits per heavy atom. The number of fused-ring (bicyclic) bond motifs is 1. The Bertz CT molecular complexity index is 310. The van der Waals surface area contributed by atoms with Crippen molar-refractivity contribution in [2.24, 2.45) is 0 Å². The van der Waals surface area contributed by atoms with Gasteiger partial charge in [-0.05, 0) is 6.42 Å². The van der Waals surface area contributed by atoms with E-state index in [1.165, 1.54) is 6.07 Å². The van der Waals surface area contributed by atoms with E-state index < -0.39 is 0 Å². The summed E-state index contributed by atoms with van der Waals surface area (Å²) in [5.41, 5.74) is 0. The molecule has 0 atom stereocenters. The molecule has 12 heavy (non-hydrogen) atoms. The first-order chi connectivity index (χ1) is 5.81. The molecule has 1 aromatic rings. The number of benzene rings is 1. The molecule has 0 fully saturated rings. The van der Waals surface area contributed by atoms with Crippen LogP contribution in [0.3, 0.4) is 0 Å². The molecule has 0 saturated carbocycles. The highest BCUT2D eigenvalue weighted by Crippen LogP contribution is 2.48. The lowest BCUT2D eigenvalue weighted by Crippen LogP contribution is -1.95. The number of halogens is 1. The van der Waals surface area contributed by atoms with Gasteiger partial charge in [-0.15, -0.1) is 0 Å². The molecule has 1 aliphatic heterocycles. The Labute approximate surface area is 69.9 Å². The molecule has 2 rings (SSSR count).